The molecule has 0 saturated carbocycles. The Bertz CT molecular complexity index is 876. The quantitative estimate of drug-likeness (QED) is 0.880. The molecular weight excluding hydrogens is 324 g/mol. The van der Waals surface area contributed by atoms with Gasteiger partial charge in [-0.3, -0.25) is 0 Å². The summed E-state index contributed by atoms with van der Waals surface area (Å²) in [7, 11) is 1.59. The first-order valence-electron chi connectivity index (χ1n) is 8.70. The second-order valence-corrected chi connectivity index (χ2v) is 6.73. The number of fused-ring (bicyclic) bond motifs is 1. The largest absolute Gasteiger partial charge is 0.497 e. The molecule has 0 saturated heterocycles. The van der Waals surface area contributed by atoms with Crippen molar-refractivity contribution in [2.45, 2.75) is 31.6 Å². The van der Waals surface area contributed by atoms with Crippen LogP contribution in [0.4, 0.5) is 0 Å². The molecule has 0 spiro atoms. The number of benzene rings is 1. The maximum Gasteiger partial charge on any atom is 0.187 e. The minimum Gasteiger partial charge on any atom is -0.497 e. The molecule has 1 aromatic carbocycles. The lowest BCUT2D eigenvalue weighted by atomic mass is 9.57. The lowest BCUT2D eigenvalue weighted by Gasteiger charge is -2.41. The number of nitrogens with two attached hydrogens (primary N) is 1. The number of allylic oxidation sites excluding steroid dienone is 3. The van der Waals surface area contributed by atoms with Gasteiger partial charge in [0, 0.05) is 5.92 Å². The zero-order valence-corrected chi connectivity index (χ0v) is 14.7. The van der Waals surface area contributed by atoms with E-state index in [0.29, 0.717) is 11.4 Å². The fourth-order valence-corrected chi connectivity index (χ4v) is 4.26. The highest BCUT2D eigenvalue weighted by atomic mass is 16.5. The van der Waals surface area contributed by atoms with E-state index < -0.39 is 11.3 Å². The first-order valence-corrected chi connectivity index (χ1v) is 8.70. The van der Waals surface area contributed by atoms with Crippen molar-refractivity contribution in [3.63, 3.8) is 0 Å². The van der Waals surface area contributed by atoms with E-state index in [-0.39, 0.29) is 11.5 Å². The van der Waals surface area contributed by atoms with E-state index in [0.717, 1.165) is 36.8 Å². The fraction of sp³-hybridized carbons (Fsp3) is 0.381. The van der Waals surface area contributed by atoms with Gasteiger partial charge in [0.25, 0.3) is 0 Å². The van der Waals surface area contributed by atoms with Crippen LogP contribution in [0.5, 0.6) is 5.75 Å². The zero-order chi connectivity index (χ0) is 18.7. The van der Waals surface area contributed by atoms with Gasteiger partial charge in [0.1, 0.15) is 5.75 Å². The summed E-state index contributed by atoms with van der Waals surface area (Å²) in [6, 6.07) is 13.8. The van der Waals surface area contributed by atoms with E-state index in [1.165, 1.54) is 0 Å². The van der Waals surface area contributed by atoms with E-state index in [1.807, 2.05) is 24.3 Å². The number of rotatable bonds is 2. The Morgan fingerprint density at radius 2 is 1.81 bits per heavy atom. The smallest absolute Gasteiger partial charge is 0.187 e. The predicted octanol–water partition coefficient (Wildman–Crippen LogP) is 3.68. The third kappa shape index (κ3) is 2.52. The van der Waals surface area contributed by atoms with Crippen molar-refractivity contribution in [3.05, 3.63) is 52.7 Å². The number of nitrogens with zero attached hydrogens (tertiary/aromatic N) is 3. The van der Waals surface area contributed by atoms with Gasteiger partial charge in [-0.2, -0.15) is 15.8 Å². The highest BCUT2D eigenvalue weighted by Gasteiger charge is 2.53. The minimum absolute atomic E-state index is 0.0534. The van der Waals surface area contributed by atoms with Crippen LogP contribution < -0.4 is 10.5 Å². The maximum atomic E-state index is 10.00. The molecule has 3 rings (SSSR count). The summed E-state index contributed by atoms with van der Waals surface area (Å²) in [5.41, 5.74) is 6.87. The molecule has 0 radical (unpaired) electrons. The van der Waals surface area contributed by atoms with E-state index >= 15 is 0 Å². The lowest BCUT2D eigenvalue weighted by molar-refractivity contribution is 0.333. The lowest BCUT2D eigenvalue weighted by Crippen LogP contribution is -2.40. The van der Waals surface area contributed by atoms with E-state index in [2.05, 4.69) is 24.3 Å². The molecule has 2 atom stereocenters. The summed E-state index contributed by atoms with van der Waals surface area (Å²) in [6.07, 6.45) is 5.86. The molecular formula is C21H20N4O. The number of methoxy groups -OCH3 is 1. The van der Waals surface area contributed by atoms with E-state index in [1.54, 1.807) is 7.11 Å². The molecule has 0 amide bonds. The normalized spacial score (nSPS) is 24.2. The van der Waals surface area contributed by atoms with E-state index in [4.69, 9.17) is 10.5 Å². The van der Waals surface area contributed by atoms with Crippen LogP contribution in [0.3, 0.4) is 0 Å². The summed E-state index contributed by atoms with van der Waals surface area (Å²) in [6.45, 7) is 0. The fourth-order valence-electron chi connectivity index (χ4n) is 4.26. The zero-order valence-electron chi connectivity index (χ0n) is 14.7. The van der Waals surface area contributed by atoms with Gasteiger partial charge in [-0.05, 0) is 48.4 Å². The molecule has 2 aliphatic carbocycles. The van der Waals surface area contributed by atoms with Gasteiger partial charge in [-0.1, -0.05) is 24.6 Å². The van der Waals surface area contributed by atoms with Gasteiger partial charge < -0.3 is 10.5 Å². The Kier molecular flexibility index (Phi) is 4.70. The van der Waals surface area contributed by atoms with Crippen LogP contribution in [-0.4, -0.2) is 7.11 Å². The van der Waals surface area contributed by atoms with Gasteiger partial charge in [0.05, 0.1) is 36.6 Å². The summed E-state index contributed by atoms with van der Waals surface area (Å²) >= 11 is 0. The monoisotopic (exact) mass is 344 g/mol. The standard InChI is InChI=1S/C21H20N4O/c1-26-15-9-7-14(8-10-15)19-16-5-3-2-4-6-17(16)20(25)18(11-22)21(19,12-23)13-24/h6-10,16,19H,2-5,25H2,1H3/t16-,19-/m1/s1. The van der Waals surface area contributed by atoms with Crippen LogP contribution in [0.15, 0.2) is 47.2 Å². The Labute approximate surface area is 153 Å². The SMILES string of the molecule is COc1ccc([C@@H]2[C@@H]3CCCCC=C3C(N)=C(C#N)C2(C#N)C#N)cc1. The van der Waals surface area contributed by atoms with Crippen molar-refractivity contribution in [1.82, 2.24) is 0 Å². The van der Waals surface area contributed by atoms with Gasteiger partial charge in [-0.15, -0.1) is 0 Å². The topological polar surface area (TPSA) is 107 Å². The third-order valence-electron chi connectivity index (χ3n) is 5.52. The highest BCUT2D eigenvalue weighted by Crippen LogP contribution is 2.55. The number of ether oxygens (including phenoxy) is 1. The van der Waals surface area contributed by atoms with Gasteiger partial charge in [0.15, 0.2) is 5.41 Å². The molecule has 26 heavy (non-hydrogen) atoms. The molecule has 0 aromatic heterocycles. The maximum absolute atomic E-state index is 10.00. The summed E-state index contributed by atoms with van der Waals surface area (Å²) < 4.78 is 5.22. The molecule has 2 N–H and O–H groups in total. The minimum atomic E-state index is -1.58. The molecule has 0 unspecified atom stereocenters. The Morgan fingerprint density at radius 1 is 1.12 bits per heavy atom. The molecule has 0 aliphatic heterocycles. The van der Waals surface area contributed by atoms with Crippen LogP contribution in [0, 0.1) is 45.3 Å². The van der Waals surface area contributed by atoms with Crippen LogP contribution in [-0.2, 0) is 0 Å². The van der Waals surface area contributed by atoms with Crippen LogP contribution >= 0.6 is 0 Å². The van der Waals surface area contributed by atoms with Gasteiger partial charge in [-0.25, -0.2) is 0 Å². The van der Waals surface area contributed by atoms with E-state index in [9.17, 15) is 15.8 Å². The molecule has 0 heterocycles. The summed E-state index contributed by atoms with van der Waals surface area (Å²) in [5.74, 6) is 0.216. The first kappa shape index (κ1) is 17.6. The van der Waals surface area contributed by atoms with Gasteiger partial charge in [0.2, 0.25) is 0 Å². The van der Waals surface area contributed by atoms with Gasteiger partial charge >= 0.3 is 0 Å². The average molecular weight is 344 g/mol. The van der Waals surface area contributed by atoms with Crippen molar-refractivity contribution in [2.75, 3.05) is 7.11 Å². The Balaban J connectivity index is 2.28. The first-order chi connectivity index (χ1) is 12.6. The molecule has 2 aliphatic rings. The van der Waals surface area contributed by atoms with Crippen molar-refractivity contribution < 1.29 is 4.74 Å². The van der Waals surface area contributed by atoms with Crippen LogP contribution in [0.25, 0.3) is 0 Å². The summed E-state index contributed by atoms with van der Waals surface area (Å²) in [5, 5.41) is 29.7. The predicted molar refractivity (Wildman–Crippen MR) is 96.3 cm³/mol. The molecule has 0 bridgehead atoms. The molecule has 130 valence electrons. The Hall–Kier alpha value is -3.23. The number of hydrogen-bond acceptors (Lipinski definition) is 5. The second kappa shape index (κ2) is 6.95. The Morgan fingerprint density at radius 3 is 2.38 bits per heavy atom. The molecule has 1 aromatic rings. The average Bonchev–Trinajstić information content (AvgIpc) is 2.94. The van der Waals surface area contributed by atoms with Crippen molar-refractivity contribution in [2.24, 2.45) is 17.1 Å². The number of hydrogen-bond donors (Lipinski definition) is 1. The molecule has 5 heteroatoms. The third-order valence-corrected chi connectivity index (χ3v) is 5.52. The molecule has 0 fully saturated rings. The summed E-state index contributed by atoms with van der Waals surface area (Å²) in [4.78, 5) is 0. The second-order valence-electron chi connectivity index (χ2n) is 6.73. The van der Waals surface area contributed by atoms with Crippen LogP contribution in [0.2, 0.25) is 0 Å². The van der Waals surface area contributed by atoms with Crippen molar-refractivity contribution in [3.8, 4) is 24.0 Å². The van der Waals surface area contributed by atoms with Crippen molar-refractivity contribution in [1.29, 1.82) is 15.8 Å². The highest BCUT2D eigenvalue weighted by molar-refractivity contribution is 5.59. The van der Waals surface area contributed by atoms with Crippen molar-refractivity contribution >= 4 is 0 Å². The number of nitriles is 3. The molecule has 5 nitrogen and oxygen atoms in total. The van der Waals surface area contributed by atoms with Crippen LogP contribution in [0.1, 0.15) is 37.2 Å².